The molecule has 0 bridgehead atoms. The SMILES string of the molecule is Cc1ccc(C2=C(c3ccc(O[C@H]4CCN(CCCF)C4)cc3)c3ccc(O)cc3S(=O)(=O)CC2)c(F)c1. The molecule has 2 heterocycles. The first-order valence-corrected chi connectivity index (χ1v) is 14.5. The summed E-state index contributed by atoms with van der Waals surface area (Å²) in [6, 6.07) is 16.7. The van der Waals surface area contributed by atoms with Crippen LogP contribution in [-0.4, -0.2) is 56.6 Å². The van der Waals surface area contributed by atoms with Gasteiger partial charge in [0.15, 0.2) is 9.84 Å². The number of phenolic OH excluding ortho intramolecular Hbond substituents is 1. The van der Waals surface area contributed by atoms with Crippen molar-refractivity contribution in [3.8, 4) is 11.5 Å². The lowest BCUT2D eigenvalue weighted by Gasteiger charge is -2.18. The van der Waals surface area contributed by atoms with Crippen molar-refractivity contribution in [2.75, 3.05) is 32.1 Å². The Labute approximate surface area is 222 Å². The van der Waals surface area contributed by atoms with Crippen LogP contribution in [-0.2, 0) is 9.84 Å². The molecule has 0 radical (unpaired) electrons. The third-order valence-electron chi connectivity index (χ3n) is 7.22. The van der Waals surface area contributed by atoms with Gasteiger partial charge in [-0.15, -0.1) is 0 Å². The Morgan fingerprint density at radius 3 is 2.55 bits per heavy atom. The highest BCUT2D eigenvalue weighted by molar-refractivity contribution is 7.91. The van der Waals surface area contributed by atoms with Gasteiger partial charge in [-0.05, 0) is 84.9 Å². The first-order chi connectivity index (χ1) is 18.2. The molecule has 0 saturated carbocycles. The van der Waals surface area contributed by atoms with Crippen LogP contribution in [0.5, 0.6) is 11.5 Å². The van der Waals surface area contributed by atoms with E-state index in [9.17, 15) is 17.9 Å². The minimum Gasteiger partial charge on any atom is -0.508 e. The molecule has 8 heteroatoms. The summed E-state index contributed by atoms with van der Waals surface area (Å²) < 4.78 is 60.3. The first-order valence-electron chi connectivity index (χ1n) is 12.9. The van der Waals surface area contributed by atoms with Crippen molar-refractivity contribution in [1.82, 2.24) is 4.90 Å². The number of hydrogen-bond donors (Lipinski definition) is 1. The standard InChI is InChI=1S/C30H31F2NO4S/c1-20-3-9-25(28(32)17-20)26-12-16-38(35,36)29-18-22(34)6-10-27(29)30(26)21-4-7-23(8-5-21)37-24-11-15-33(19-24)14-2-13-31/h3-10,17-18,24,34H,2,11-16,19H2,1H3/t24-/m0/s1. The molecule has 38 heavy (non-hydrogen) atoms. The molecule has 2 aliphatic heterocycles. The van der Waals surface area contributed by atoms with Crippen LogP contribution in [0.25, 0.3) is 11.1 Å². The predicted molar refractivity (Wildman–Crippen MR) is 144 cm³/mol. The molecule has 0 unspecified atom stereocenters. The maximum Gasteiger partial charge on any atom is 0.179 e. The van der Waals surface area contributed by atoms with Crippen LogP contribution in [0.4, 0.5) is 8.78 Å². The summed E-state index contributed by atoms with van der Waals surface area (Å²) in [6.07, 6.45) is 1.53. The van der Waals surface area contributed by atoms with Crippen LogP contribution >= 0.6 is 0 Å². The number of rotatable bonds is 7. The van der Waals surface area contributed by atoms with E-state index in [2.05, 4.69) is 4.90 Å². The molecule has 1 N–H and O–H groups in total. The lowest BCUT2D eigenvalue weighted by atomic mass is 9.87. The van der Waals surface area contributed by atoms with Crippen LogP contribution in [0, 0.1) is 12.7 Å². The molecule has 1 saturated heterocycles. The Morgan fingerprint density at radius 2 is 1.82 bits per heavy atom. The van der Waals surface area contributed by atoms with Crippen LogP contribution in [0.15, 0.2) is 65.6 Å². The van der Waals surface area contributed by atoms with Gasteiger partial charge in [0.1, 0.15) is 23.4 Å². The third kappa shape index (κ3) is 5.47. The molecule has 0 spiro atoms. The third-order valence-corrected chi connectivity index (χ3v) is 8.97. The number of aromatic hydroxyl groups is 1. The fourth-order valence-electron chi connectivity index (χ4n) is 5.35. The zero-order valence-corrected chi connectivity index (χ0v) is 22.1. The van der Waals surface area contributed by atoms with Gasteiger partial charge in [-0.1, -0.05) is 24.3 Å². The van der Waals surface area contributed by atoms with Crippen LogP contribution in [0.3, 0.4) is 0 Å². The summed E-state index contributed by atoms with van der Waals surface area (Å²) in [5.41, 5.74) is 3.52. The fraction of sp³-hybridized carbons (Fsp3) is 0.333. The zero-order chi connectivity index (χ0) is 26.9. The maximum atomic E-state index is 15.2. The van der Waals surface area contributed by atoms with E-state index in [1.807, 2.05) is 30.3 Å². The lowest BCUT2D eigenvalue weighted by Crippen LogP contribution is -2.26. The Bertz CT molecular complexity index is 1470. The summed E-state index contributed by atoms with van der Waals surface area (Å²) in [7, 11) is -3.72. The van der Waals surface area contributed by atoms with Gasteiger partial charge in [-0.3, -0.25) is 9.29 Å². The second-order valence-electron chi connectivity index (χ2n) is 9.98. The zero-order valence-electron chi connectivity index (χ0n) is 21.3. The summed E-state index contributed by atoms with van der Waals surface area (Å²) >= 11 is 0. The highest BCUT2D eigenvalue weighted by Gasteiger charge is 2.30. The van der Waals surface area contributed by atoms with Crippen molar-refractivity contribution in [1.29, 1.82) is 0 Å². The molecule has 1 fully saturated rings. The Balaban J connectivity index is 1.55. The number of allylic oxidation sites excluding steroid dienone is 1. The van der Waals surface area contributed by atoms with Crippen LogP contribution in [0.1, 0.15) is 41.5 Å². The Hall–Kier alpha value is -3.23. The molecular weight excluding hydrogens is 508 g/mol. The molecule has 200 valence electrons. The highest BCUT2D eigenvalue weighted by atomic mass is 32.2. The topological polar surface area (TPSA) is 66.8 Å². The number of likely N-dealkylation sites (tertiary alicyclic amines) is 1. The predicted octanol–water partition coefficient (Wildman–Crippen LogP) is 5.79. The molecule has 3 aromatic carbocycles. The van der Waals surface area contributed by atoms with Crippen molar-refractivity contribution in [2.45, 2.75) is 37.2 Å². The van der Waals surface area contributed by atoms with E-state index in [0.717, 1.165) is 37.2 Å². The Morgan fingerprint density at radius 1 is 1.05 bits per heavy atom. The quantitative estimate of drug-likeness (QED) is 0.412. The molecular formula is C30H31F2NO4S. The van der Waals surface area contributed by atoms with E-state index in [1.54, 1.807) is 19.1 Å². The van der Waals surface area contributed by atoms with E-state index in [4.69, 9.17) is 4.74 Å². The summed E-state index contributed by atoms with van der Waals surface area (Å²) in [4.78, 5) is 2.24. The van der Waals surface area contributed by atoms with Gasteiger partial charge in [0.25, 0.3) is 0 Å². The molecule has 0 amide bonds. The first kappa shape index (κ1) is 26.4. The van der Waals surface area contributed by atoms with E-state index < -0.39 is 15.7 Å². The molecule has 1 atom stereocenters. The number of aryl methyl sites for hydroxylation is 1. The van der Waals surface area contributed by atoms with Gasteiger partial charge in [0.2, 0.25) is 0 Å². The molecule has 3 aromatic rings. The van der Waals surface area contributed by atoms with Gasteiger partial charge in [0, 0.05) is 30.8 Å². The van der Waals surface area contributed by atoms with E-state index in [-0.39, 0.29) is 35.6 Å². The van der Waals surface area contributed by atoms with Crippen molar-refractivity contribution in [3.63, 3.8) is 0 Å². The van der Waals surface area contributed by atoms with Crippen molar-refractivity contribution < 1.29 is 27.0 Å². The minimum absolute atomic E-state index is 0.0172. The Kier molecular flexibility index (Phi) is 7.54. The fourth-order valence-corrected chi connectivity index (χ4v) is 6.84. The van der Waals surface area contributed by atoms with E-state index in [1.165, 1.54) is 18.2 Å². The number of hydrogen-bond acceptors (Lipinski definition) is 5. The number of halogens is 2. The number of benzene rings is 3. The van der Waals surface area contributed by atoms with Gasteiger partial charge in [-0.25, -0.2) is 12.8 Å². The lowest BCUT2D eigenvalue weighted by molar-refractivity contribution is 0.198. The molecule has 0 aromatic heterocycles. The smallest absolute Gasteiger partial charge is 0.179 e. The van der Waals surface area contributed by atoms with E-state index >= 15 is 4.39 Å². The van der Waals surface area contributed by atoms with Gasteiger partial charge in [0.05, 0.1) is 17.3 Å². The summed E-state index contributed by atoms with van der Waals surface area (Å²) in [6.45, 7) is 3.83. The van der Waals surface area contributed by atoms with Crippen molar-refractivity contribution >= 4 is 21.0 Å². The average Bonchev–Trinajstić information content (AvgIpc) is 3.29. The van der Waals surface area contributed by atoms with Gasteiger partial charge in [-0.2, -0.15) is 0 Å². The highest BCUT2D eigenvalue weighted by Crippen LogP contribution is 2.42. The number of phenols is 1. The van der Waals surface area contributed by atoms with Crippen LogP contribution in [0.2, 0.25) is 0 Å². The number of nitrogens with zero attached hydrogens (tertiary/aromatic N) is 1. The molecule has 5 nitrogen and oxygen atoms in total. The number of alkyl halides is 1. The van der Waals surface area contributed by atoms with E-state index in [0.29, 0.717) is 34.4 Å². The maximum absolute atomic E-state index is 15.2. The molecule has 2 aliphatic rings. The molecule has 0 aliphatic carbocycles. The summed E-state index contributed by atoms with van der Waals surface area (Å²) in [5, 5.41) is 10.1. The molecule has 5 rings (SSSR count). The van der Waals surface area contributed by atoms with Gasteiger partial charge < -0.3 is 9.84 Å². The number of fused-ring (bicyclic) bond motifs is 1. The van der Waals surface area contributed by atoms with Gasteiger partial charge >= 0.3 is 0 Å². The average molecular weight is 540 g/mol. The van der Waals surface area contributed by atoms with Crippen molar-refractivity contribution in [2.24, 2.45) is 0 Å². The van der Waals surface area contributed by atoms with Crippen molar-refractivity contribution in [3.05, 3.63) is 88.7 Å². The second-order valence-corrected chi connectivity index (χ2v) is 12.1. The normalized spacial score (nSPS) is 19.3. The second kappa shape index (κ2) is 10.9. The monoisotopic (exact) mass is 539 g/mol. The summed E-state index contributed by atoms with van der Waals surface area (Å²) in [5.74, 6) is -0.0627. The van der Waals surface area contributed by atoms with Crippen LogP contribution < -0.4 is 4.74 Å². The minimum atomic E-state index is -3.72. The number of sulfone groups is 1. The largest absolute Gasteiger partial charge is 0.508 e. The number of ether oxygens (including phenoxy) is 1.